The summed E-state index contributed by atoms with van der Waals surface area (Å²) in [7, 11) is 0. The molecular weight excluding hydrogens is 300 g/mol. The molecule has 5 nitrogen and oxygen atoms in total. The number of nitrogens with zero attached hydrogens (tertiary/aromatic N) is 4. The molecule has 24 heavy (non-hydrogen) atoms. The van der Waals surface area contributed by atoms with E-state index in [0.29, 0.717) is 18.0 Å². The van der Waals surface area contributed by atoms with Gasteiger partial charge in [-0.25, -0.2) is 4.98 Å². The van der Waals surface area contributed by atoms with E-state index in [1.807, 2.05) is 42.5 Å². The van der Waals surface area contributed by atoms with Gasteiger partial charge in [0.2, 0.25) is 5.89 Å². The van der Waals surface area contributed by atoms with Crippen LogP contribution in [0.2, 0.25) is 0 Å². The fraction of sp³-hybridized carbons (Fsp3) is 0.211. The zero-order chi connectivity index (χ0) is 16.4. The van der Waals surface area contributed by atoms with Crippen molar-refractivity contribution >= 4 is 5.69 Å². The summed E-state index contributed by atoms with van der Waals surface area (Å²) in [6.07, 6.45) is 3.63. The van der Waals surface area contributed by atoms with E-state index in [9.17, 15) is 0 Å². The average molecular weight is 316 g/mol. The molecule has 0 bridgehead atoms. The minimum atomic E-state index is 0.577. The largest absolute Gasteiger partial charge is 0.438 e. The van der Waals surface area contributed by atoms with Crippen molar-refractivity contribution in [3.8, 4) is 17.7 Å². The molecule has 1 aromatic carbocycles. The molecule has 0 saturated heterocycles. The first-order valence-electron chi connectivity index (χ1n) is 7.98. The number of hydrogen-bond acceptors (Lipinski definition) is 5. The van der Waals surface area contributed by atoms with Crippen LogP contribution < -0.4 is 4.90 Å². The molecule has 1 aliphatic heterocycles. The molecule has 0 radical (unpaired) electrons. The molecule has 5 heteroatoms. The van der Waals surface area contributed by atoms with Gasteiger partial charge in [0.25, 0.3) is 0 Å². The number of anilines is 1. The second-order valence-corrected chi connectivity index (χ2v) is 5.79. The van der Waals surface area contributed by atoms with Gasteiger partial charge in [-0.1, -0.05) is 12.1 Å². The van der Waals surface area contributed by atoms with Gasteiger partial charge in [0, 0.05) is 18.4 Å². The summed E-state index contributed by atoms with van der Waals surface area (Å²) >= 11 is 0. The number of nitriles is 1. The summed E-state index contributed by atoms with van der Waals surface area (Å²) < 4.78 is 6.00. The first kappa shape index (κ1) is 14.5. The van der Waals surface area contributed by atoms with E-state index in [4.69, 9.17) is 9.68 Å². The van der Waals surface area contributed by atoms with Gasteiger partial charge in [-0.2, -0.15) is 5.26 Å². The van der Waals surface area contributed by atoms with Gasteiger partial charge < -0.3 is 9.32 Å². The highest BCUT2D eigenvalue weighted by Crippen LogP contribution is 2.27. The van der Waals surface area contributed by atoms with Crippen LogP contribution in [-0.2, 0) is 13.0 Å². The first-order valence-corrected chi connectivity index (χ1v) is 7.98. The van der Waals surface area contributed by atoms with Crippen molar-refractivity contribution in [2.45, 2.75) is 19.4 Å². The predicted molar refractivity (Wildman–Crippen MR) is 90.3 cm³/mol. The highest BCUT2D eigenvalue weighted by molar-refractivity contribution is 5.53. The maximum absolute atomic E-state index is 9.10. The van der Waals surface area contributed by atoms with Gasteiger partial charge in [0.15, 0.2) is 0 Å². The van der Waals surface area contributed by atoms with Gasteiger partial charge in [0.05, 0.1) is 23.9 Å². The minimum Gasteiger partial charge on any atom is -0.438 e. The summed E-state index contributed by atoms with van der Waals surface area (Å²) in [6.45, 7) is 1.57. The van der Waals surface area contributed by atoms with Crippen molar-refractivity contribution in [1.82, 2.24) is 9.97 Å². The fourth-order valence-electron chi connectivity index (χ4n) is 2.98. The second kappa shape index (κ2) is 6.17. The molecule has 2 aromatic heterocycles. The first-order chi connectivity index (χ1) is 11.8. The quantitative estimate of drug-likeness (QED) is 0.723. The Kier molecular flexibility index (Phi) is 3.72. The van der Waals surface area contributed by atoms with Gasteiger partial charge >= 0.3 is 0 Å². The second-order valence-electron chi connectivity index (χ2n) is 5.79. The van der Waals surface area contributed by atoms with Crippen molar-refractivity contribution in [1.29, 1.82) is 5.26 Å². The smallest absolute Gasteiger partial charge is 0.245 e. The van der Waals surface area contributed by atoms with Gasteiger partial charge in [-0.15, -0.1) is 0 Å². The molecule has 0 unspecified atom stereocenters. The molecule has 0 spiro atoms. The van der Waals surface area contributed by atoms with Crippen LogP contribution in [0.15, 0.2) is 53.1 Å². The topological polar surface area (TPSA) is 66.0 Å². The van der Waals surface area contributed by atoms with Gasteiger partial charge in [-0.05, 0) is 43.2 Å². The third-order valence-corrected chi connectivity index (χ3v) is 4.18. The SMILES string of the molecule is N#Cc1cccc(N2CCCc3nc(-c4ccccn4)oc3C2)c1. The lowest BCUT2D eigenvalue weighted by Gasteiger charge is -2.22. The number of pyridine rings is 1. The zero-order valence-electron chi connectivity index (χ0n) is 13.1. The zero-order valence-corrected chi connectivity index (χ0v) is 13.1. The number of fused-ring (bicyclic) bond motifs is 1. The summed E-state index contributed by atoms with van der Waals surface area (Å²) in [5.74, 6) is 1.46. The van der Waals surface area contributed by atoms with E-state index in [1.165, 1.54) is 0 Å². The Morgan fingerprint density at radius 3 is 2.96 bits per heavy atom. The Labute approximate surface area is 140 Å². The highest BCUT2D eigenvalue weighted by Gasteiger charge is 2.21. The van der Waals surface area contributed by atoms with E-state index < -0.39 is 0 Å². The third-order valence-electron chi connectivity index (χ3n) is 4.18. The molecule has 4 rings (SSSR count). The lowest BCUT2D eigenvalue weighted by Crippen LogP contribution is -2.22. The summed E-state index contributed by atoms with van der Waals surface area (Å²) in [6, 6.07) is 15.6. The van der Waals surface area contributed by atoms with Crippen molar-refractivity contribution in [2.75, 3.05) is 11.4 Å². The van der Waals surface area contributed by atoms with Crippen molar-refractivity contribution < 1.29 is 4.42 Å². The molecule has 0 fully saturated rings. The van der Waals surface area contributed by atoms with Crippen LogP contribution in [0.25, 0.3) is 11.6 Å². The standard InChI is InChI=1S/C19H16N4O/c20-12-14-5-3-6-15(11-14)23-10-4-8-16-18(13-23)24-19(22-16)17-7-1-2-9-21-17/h1-3,5-7,9,11H,4,8,10,13H2. The van der Waals surface area contributed by atoms with Crippen LogP contribution in [0, 0.1) is 11.3 Å². The number of aryl methyl sites for hydroxylation is 1. The lowest BCUT2D eigenvalue weighted by molar-refractivity contribution is 0.511. The number of aromatic nitrogens is 2. The maximum Gasteiger partial charge on any atom is 0.245 e. The molecule has 118 valence electrons. The normalized spacial score (nSPS) is 13.9. The molecule has 1 aliphatic rings. The summed E-state index contributed by atoms with van der Waals surface area (Å²) in [5, 5.41) is 9.10. The monoisotopic (exact) mass is 316 g/mol. The molecule has 0 saturated carbocycles. The molecule has 3 heterocycles. The molecule has 3 aromatic rings. The molecule has 0 atom stereocenters. The van der Waals surface area contributed by atoms with Crippen molar-refractivity contribution in [3.63, 3.8) is 0 Å². The maximum atomic E-state index is 9.10. The molecule has 0 N–H and O–H groups in total. The Bertz CT molecular complexity index is 895. The van der Waals surface area contributed by atoms with E-state index in [0.717, 1.165) is 42.2 Å². The Morgan fingerprint density at radius 1 is 1.17 bits per heavy atom. The fourth-order valence-corrected chi connectivity index (χ4v) is 2.98. The van der Waals surface area contributed by atoms with E-state index >= 15 is 0 Å². The van der Waals surface area contributed by atoms with E-state index in [-0.39, 0.29) is 0 Å². The van der Waals surface area contributed by atoms with E-state index in [2.05, 4.69) is 20.9 Å². The molecule has 0 amide bonds. The summed E-state index contributed by atoms with van der Waals surface area (Å²) in [4.78, 5) is 11.2. The van der Waals surface area contributed by atoms with Crippen molar-refractivity contribution in [3.05, 3.63) is 65.7 Å². The van der Waals surface area contributed by atoms with E-state index in [1.54, 1.807) is 6.20 Å². The van der Waals surface area contributed by atoms with Crippen LogP contribution in [0.3, 0.4) is 0 Å². The number of rotatable bonds is 2. The predicted octanol–water partition coefficient (Wildman–Crippen LogP) is 3.56. The third kappa shape index (κ3) is 2.74. The Balaban J connectivity index is 1.65. The van der Waals surface area contributed by atoms with Crippen LogP contribution in [0.5, 0.6) is 0 Å². The lowest BCUT2D eigenvalue weighted by atomic mass is 10.2. The Hall–Kier alpha value is -3.13. The summed E-state index contributed by atoms with van der Waals surface area (Å²) in [5.41, 5.74) is 3.47. The van der Waals surface area contributed by atoms with Crippen LogP contribution >= 0.6 is 0 Å². The molecular formula is C19H16N4O. The number of benzene rings is 1. The highest BCUT2D eigenvalue weighted by atomic mass is 16.4. The van der Waals surface area contributed by atoms with Gasteiger partial charge in [-0.3, -0.25) is 4.98 Å². The van der Waals surface area contributed by atoms with Crippen LogP contribution in [0.1, 0.15) is 23.4 Å². The van der Waals surface area contributed by atoms with Crippen LogP contribution in [-0.4, -0.2) is 16.5 Å². The number of oxazole rings is 1. The van der Waals surface area contributed by atoms with Gasteiger partial charge in [0.1, 0.15) is 11.5 Å². The number of hydrogen-bond donors (Lipinski definition) is 0. The average Bonchev–Trinajstić information content (AvgIpc) is 2.94. The van der Waals surface area contributed by atoms with Crippen molar-refractivity contribution in [2.24, 2.45) is 0 Å². The molecule has 0 aliphatic carbocycles. The Morgan fingerprint density at radius 2 is 2.12 bits per heavy atom. The van der Waals surface area contributed by atoms with Crippen LogP contribution in [0.4, 0.5) is 5.69 Å². The minimum absolute atomic E-state index is 0.577.